The molecule has 1 aliphatic rings. The third-order valence-corrected chi connectivity index (χ3v) is 3.22. The summed E-state index contributed by atoms with van der Waals surface area (Å²) in [5, 5.41) is 12.7. The van der Waals surface area contributed by atoms with Crippen LogP contribution in [0.4, 0.5) is 4.79 Å². The second-order valence-corrected chi connectivity index (χ2v) is 4.76. The Hall–Kier alpha value is -1.81. The van der Waals surface area contributed by atoms with Gasteiger partial charge < -0.3 is 15.2 Å². The number of hydrogen-bond donors (Lipinski definition) is 2. The fourth-order valence-corrected chi connectivity index (χ4v) is 2.08. The van der Waals surface area contributed by atoms with Crippen LogP contribution in [0.25, 0.3) is 0 Å². The average molecular weight is 261 g/mol. The van der Waals surface area contributed by atoms with Gasteiger partial charge in [-0.1, -0.05) is 36.4 Å². The first-order chi connectivity index (χ1) is 9.15. The molecule has 102 valence electrons. The molecule has 19 heavy (non-hydrogen) atoms. The van der Waals surface area contributed by atoms with Crippen molar-refractivity contribution in [3.8, 4) is 0 Å². The molecule has 4 heteroatoms. The van der Waals surface area contributed by atoms with Crippen LogP contribution in [0.5, 0.6) is 0 Å². The molecule has 2 rings (SSSR count). The van der Waals surface area contributed by atoms with Crippen LogP contribution < -0.4 is 5.32 Å². The summed E-state index contributed by atoms with van der Waals surface area (Å²) in [6, 6.07) is 7.95. The van der Waals surface area contributed by atoms with Crippen LogP contribution in [0.15, 0.2) is 36.4 Å². The van der Waals surface area contributed by atoms with Gasteiger partial charge in [-0.25, -0.2) is 4.79 Å². The number of aliphatic hydroxyl groups excluding tert-OH is 1. The lowest BCUT2D eigenvalue weighted by Gasteiger charge is -2.20. The van der Waals surface area contributed by atoms with Gasteiger partial charge in [0, 0.05) is 12.8 Å². The third kappa shape index (κ3) is 4.10. The summed E-state index contributed by atoms with van der Waals surface area (Å²) >= 11 is 0. The van der Waals surface area contributed by atoms with E-state index in [0.29, 0.717) is 13.0 Å². The van der Waals surface area contributed by atoms with Gasteiger partial charge in [0.25, 0.3) is 0 Å². The summed E-state index contributed by atoms with van der Waals surface area (Å²) in [7, 11) is 0. The molecule has 1 aromatic rings. The Labute approximate surface area is 113 Å². The quantitative estimate of drug-likeness (QED) is 0.814. The van der Waals surface area contributed by atoms with E-state index in [1.165, 1.54) is 5.56 Å². The number of hydrogen-bond acceptors (Lipinski definition) is 3. The monoisotopic (exact) mass is 261 g/mol. The van der Waals surface area contributed by atoms with E-state index in [-0.39, 0.29) is 6.04 Å². The summed E-state index contributed by atoms with van der Waals surface area (Å²) in [5.74, 6) is 0. The van der Waals surface area contributed by atoms with Crippen LogP contribution in [0.2, 0.25) is 0 Å². The minimum atomic E-state index is -0.541. The van der Waals surface area contributed by atoms with Crippen LogP contribution in [-0.2, 0) is 11.2 Å². The van der Waals surface area contributed by atoms with Crippen LogP contribution in [0, 0.1) is 6.92 Å². The van der Waals surface area contributed by atoms with E-state index in [0.717, 1.165) is 12.0 Å². The highest BCUT2D eigenvalue weighted by Gasteiger charge is 2.16. The molecular weight excluding hydrogens is 242 g/mol. The second-order valence-electron chi connectivity index (χ2n) is 4.76. The van der Waals surface area contributed by atoms with Crippen molar-refractivity contribution in [2.75, 3.05) is 6.61 Å². The van der Waals surface area contributed by atoms with Crippen LogP contribution in [0.1, 0.15) is 17.5 Å². The molecule has 0 radical (unpaired) electrons. The number of benzene rings is 1. The summed E-state index contributed by atoms with van der Waals surface area (Å²) in [6.07, 6.45) is 3.96. The molecule has 0 aliphatic carbocycles. The van der Waals surface area contributed by atoms with Crippen LogP contribution >= 0.6 is 0 Å². The van der Waals surface area contributed by atoms with E-state index >= 15 is 0 Å². The van der Waals surface area contributed by atoms with E-state index in [1.807, 2.05) is 37.3 Å². The number of amides is 1. The molecule has 4 nitrogen and oxygen atoms in total. The highest BCUT2D eigenvalue weighted by Crippen LogP contribution is 2.11. The number of ether oxygens (including phenoxy) is 1. The first-order valence-electron chi connectivity index (χ1n) is 6.49. The van der Waals surface area contributed by atoms with E-state index in [9.17, 15) is 9.90 Å². The van der Waals surface area contributed by atoms with Gasteiger partial charge in [-0.05, 0) is 18.1 Å². The molecule has 2 unspecified atom stereocenters. The molecule has 1 aromatic carbocycles. The van der Waals surface area contributed by atoms with Gasteiger partial charge in [0.05, 0.1) is 18.8 Å². The Morgan fingerprint density at radius 3 is 3.05 bits per heavy atom. The van der Waals surface area contributed by atoms with Crippen molar-refractivity contribution in [3.05, 3.63) is 47.5 Å². The predicted molar refractivity (Wildman–Crippen MR) is 72.9 cm³/mol. The first-order valence-corrected chi connectivity index (χ1v) is 6.49. The Morgan fingerprint density at radius 1 is 1.53 bits per heavy atom. The zero-order valence-corrected chi connectivity index (χ0v) is 11.0. The van der Waals surface area contributed by atoms with Gasteiger partial charge >= 0.3 is 6.09 Å². The lowest BCUT2D eigenvalue weighted by atomic mass is 10.0. The maximum absolute atomic E-state index is 11.0. The van der Waals surface area contributed by atoms with Gasteiger partial charge in [0.15, 0.2) is 0 Å². The lowest BCUT2D eigenvalue weighted by Crippen LogP contribution is -2.40. The normalized spacial score (nSPS) is 20.9. The van der Waals surface area contributed by atoms with Crippen LogP contribution in [0.3, 0.4) is 0 Å². The van der Waals surface area contributed by atoms with Crippen molar-refractivity contribution in [2.45, 2.75) is 31.9 Å². The largest absolute Gasteiger partial charge is 0.449 e. The van der Waals surface area contributed by atoms with Crippen molar-refractivity contribution in [2.24, 2.45) is 0 Å². The number of carbonyl (C=O) groups is 1. The summed E-state index contributed by atoms with van der Waals surface area (Å²) < 4.78 is 4.78. The molecule has 1 amide bonds. The highest BCUT2D eigenvalue weighted by molar-refractivity contribution is 5.68. The molecule has 2 atom stereocenters. The zero-order valence-electron chi connectivity index (χ0n) is 11.0. The average Bonchev–Trinajstić information content (AvgIpc) is 2.39. The van der Waals surface area contributed by atoms with E-state index in [1.54, 1.807) is 6.08 Å². The lowest BCUT2D eigenvalue weighted by molar-refractivity contribution is 0.121. The summed E-state index contributed by atoms with van der Waals surface area (Å²) in [5.41, 5.74) is 2.31. The Morgan fingerprint density at radius 2 is 2.32 bits per heavy atom. The van der Waals surface area contributed by atoms with Gasteiger partial charge in [0.2, 0.25) is 0 Å². The maximum Gasteiger partial charge on any atom is 0.407 e. The third-order valence-electron chi connectivity index (χ3n) is 3.22. The fraction of sp³-hybridized carbons (Fsp3) is 0.400. The first kappa shape index (κ1) is 13.6. The van der Waals surface area contributed by atoms with Crippen molar-refractivity contribution >= 4 is 6.09 Å². The molecule has 1 heterocycles. The molecule has 0 aromatic heterocycles. The van der Waals surface area contributed by atoms with Crippen LogP contribution in [-0.4, -0.2) is 30.0 Å². The molecule has 1 aliphatic heterocycles. The number of carbonyl (C=O) groups excluding carboxylic acids is 1. The Bertz CT molecular complexity index is 470. The molecule has 1 fully saturated rings. The number of rotatable bonds is 4. The molecule has 0 spiro atoms. The highest BCUT2D eigenvalue weighted by atomic mass is 16.5. The van der Waals surface area contributed by atoms with Gasteiger partial charge in [-0.15, -0.1) is 0 Å². The standard InChI is InChI=1S/C15H19NO3/c1-11-4-2-3-5-12(11)10-14(17)7-6-13-8-9-19-15(18)16-13/h2-7,13-14,17H,8-10H2,1H3,(H,16,18)/b7-6+. The Kier molecular flexibility index (Phi) is 4.58. The number of alkyl carbamates (subject to hydrolysis) is 1. The number of cyclic esters (lactones) is 1. The van der Waals surface area contributed by atoms with Gasteiger partial charge in [-0.3, -0.25) is 0 Å². The Balaban J connectivity index is 1.88. The van der Waals surface area contributed by atoms with Crippen molar-refractivity contribution in [3.63, 3.8) is 0 Å². The molecular formula is C15H19NO3. The maximum atomic E-state index is 11.0. The number of aliphatic hydroxyl groups is 1. The van der Waals surface area contributed by atoms with Gasteiger partial charge in [0.1, 0.15) is 0 Å². The minimum absolute atomic E-state index is 0.0484. The van der Waals surface area contributed by atoms with E-state index in [4.69, 9.17) is 4.74 Å². The topological polar surface area (TPSA) is 58.6 Å². The molecule has 0 saturated carbocycles. The number of aryl methyl sites for hydroxylation is 1. The SMILES string of the molecule is Cc1ccccc1CC(O)/C=C/C1CCOC(=O)N1. The van der Waals surface area contributed by atoms with E-state index < -0.39 is 12.2 Å². The molecule has 2 N–H and O–H groups in total. The minimum Gasteiger partial charge on any atom is -0.449 e. The second kappa shape index (κ2) is 6.38. The summed E-state index contributed by atoms with van der Waals surface area (Å²) in [4.78, 5) is 11.0. The summed E-state index contributed by atoms with van der Waals surface area (Å²) in [6.45, 7) is 2.46. The number of nitrogens with one attached hydrogen (secondary N) is 1. The van der Waals surface area contributed by atoms with Crippen molar-refractivity contribution in [1.82, 2.24) is 5.32 Å². The van der Waals surface area contributed by atoms with E-state index in [2.05, 4.69) is 5.32 Å². The van der Waals surface area contributed by atoms with Crippen molar-refractivity contribution < 1.29 is 14.6 Å². The molecule has 1 saturated heterocycles. The fourth-order valence-electron chi connectivity index (χ4n) is 2.08. The predicted octanol–water partition coefficient (Wildman–Crippen LogP) is 1.95. The van der Waals surface area contributed by atoms with Gasteiger partial charge in [-0.2, -0.15) is 0 Å². The zero-order chi connectivity index (χ0) is 13.7. The van der Waals surface area contributed by atoms with Crippen molar-refractivity contribution in [1.29, 1.82) is 0 Å². The smallest absolute Gasteiger partial charge is 0.407 e. The molecule has 0 bridgehead atoms.